The molecule has 0 aliphatic rings. The first-order valence-corrected chi connectivity index (χ1v) is 9.77. The summed E-state index contributed by atoms with van der Waals surface area (Å²) in [6.07, 6.45) is 0. The second-order valence-corrected chi connectivity index (χ2v) is 8.67. The number of aromatic nitrogens is 2. The molecule has 24 heavy (non-hydrogen) atoms. The van der Waals surface area contributed by atoms with Crippen LogP contribution in [0.5, 0.6) is 0 Å². The molecule has 0 unspecified atom stereocenters. The topological polar surface area (TPSA) is 122 Å². The third kappa shape index (κ3) is 3.38. The number of carbonyl (C=O) groups is 1. The van der Waals surface area contributed by atoms with Gasteiger partial charge < -0.3 is 9.63 Å². The molecule has 0 aromatic carbocycles. The van der Waals surface area contributed by atoms with Crippen LogP contribution in [-0.2, 0) is 14.8 Å². The Morgan fingerprint density at radius 2 is 2.12 bits per heavy atom. The SMILES string of the molecule is C[C@@H](NS(=O)(=O)c1ccc(-c2noc(-c3cccs3)n2)s1)C(=O)O. The minimum atomic E-state index is -3.92. The Balaban J connectivity index is 1.84. The van der Waals surface area contributed by atoms with Gasteiger partial charge in [-0.3, -0.25) is 4.79 Å². The zero-order chi connectivity index (χ0) is 17.3. The van der Waals surface area contributed by atoms with Gasteiger partial charge in [0.15, 0.2) is 0 Å². The van der Waals surface area contributed by atoms with Crippen molar-refractivity contribution in [3.63, 3.8) is 0 Å². The molecule has 0 aliphatic heterocycles. The summed E-state index contributed by atoms with van der Waals surface area (Å²) >= 11 is 2.38. The third-order valence-corrected chi connectivity index (χ3v) is 6.90. The quantitative estimate of drug-likeness (QED) is 0.667. The maximum atomic E-state index is 12.2. The molecule has 0 saturated heterocycles. The van der Waals surface area contributed by atoms with Crippen molar-refractivity contribution in [1.29, 1.82) is 0 Å². The van der Waals surface area contributed by atoms with Gasteiger partial charge in [0.2, 0.25) is 5.82 Å². The summed E-state index contributed by atoms with van der Waals surface area (Å²) in [4.78, 5) is 16.4. The molecular weight excluding hydrogens is 374 g/mol. The van der Waals surface area contributed by atoms with Crippen molar-refractivity contribution >= 4 is 38.7 Å². The molecule has 0 amide bonds. The van der Waals surface area contributed by atoms with Gasteiger partial charge in [0.1, 0.15) is 10.3 Å². The lowest BCUT2D eigenvalue weighted by Gasteiger charge is -2.07. The smallest absolute Gasteiger partial charge is 0.321 e. The van der Waals surface area contributed by atoms with Gasteiger partial charge in [-0.05, 0) is 30.5 Å². The highest BCUT2D eigenvalue weighted by atomic mass is 32.2. The van der Waals surface area contributed by atoms with Gasteiger partial charge in [0.05, 0.1) is 9.75 Å². The van der Waals surface area contributed by atoms with Gasteiger partial charge >= 0.3 is 5.97 Å². The molecular formula is C13H11N3O5S3. The Labute approximate surface area is 144 Å². The van der Waals surface area contributed by atoms with Crippen LogP contribution in [0.15, 0.2) is 38.4 Å². The first kappa shape index (κ1) is 16.8. The highest BCUT2D eigenvalue weighted by Gasteiger charge is 2.24. The maximum Gasteiger partial charge on any atom is 0.321 e. The van der Waals surface area contributed by atoms with E-state index in [0.29, 0.717) is 10.8 Å². The highest BCUT2D eigenvalue weighted by Crippen LogP contribution is 2.31. The molecule has 126 valence electrons. The average molecular weight is 385 g/mol. The number of nitrogens with zero attached hydrogens (tertiary/aromatic N) is 2. The fraction of sp³-hybridized carbons (Fsp3) is 0.154. The van der Waals surface area contributed by atoms with E-state index in [1.807, 2.05) is 17.5 Å². The molecule has 1 atom stereocenters. The molecule has 0 fully saturated rings. The average Bonchev–Trinajstić information content (AvgIpc) is 3.26. The molecule has 0 radical (unpaired) electrons. The second-order valence-electron chi connectivity index (χ2n) is 4.70. The standard InChI is InChI=1S/C13H11N3O5S3/c1-7(13(17)18)16-24(19,20)10-5-4-8(23-10)11-14-12(21-15-11)9-3-2-6-22-9/h2-7,16H,1H3,(H,17,18)/t7-/m1/s1. The molecule has 2 N–H and O–H groups in total. The Kier molecular flexibility index (Phi) is 4.49. The van der Waals surface area contributed by atoms with Crippen molar-refractivity contribution in [3.8, 4) is 21.5 Å². The molecule has 3 aromatic rings. The lowest BCUT2D eigenvalue weighted by Crippen LogP contribution is -2.37. The number of sulfonamides is 1. The first-order chi connectivity index (χ1) is 11.4. The third-order valence-electron chi connectivity index (χ3n) is 2.93. The maximum absolute atomic E-state index is 12.2. The first-order valence-electron chi connectivity index (χ1n) is 6.60. The van der Waals surface area contributed by atoms with E-state index in [1.54, 1.807) is 6.07 Å². The predicted molar refractivity (Wildman–Crippen MR) is 88.3 cm³/mol. The zero-order valence-corrected chi connectivity index (χ0v) is 14.6. The lowest BCUT2D eigenvalue weighted by atomic mass is 10.4. The largest absolute Gasteiger partial charge is 0.480 e. The van der Waals surface area contributed by atoms with E-state index in [9.17, 15) is 13.2 Å². The van der Waals surface area contributed by atoms with Crippen molar-refractivity contribution in [2.24, 2.45) is 0 Å². The molecule has 0 aliphatic carbocycles. The number of thiophene rings is 2. The van der Waals surface area contributed by atoms with Crippen LogP contribution in [0, 0.1) is 0 Å². The van der Waals surface area contributed by atoms with E-state index in [4.69, 9.17) is 9.63 Å². The van der Waals surface area contributed by atoms with Gasteiger partial charge in [0, 0.05) is 0 Å². The zero-order valence-electron chi connectivity index (χ0n) is 12.2. The van der Waals surface area contributed by atoms with E-state index < -0.39 is 22.0 Å². The van der Waals surface area contributed by atoms with Crippen molar-refractivity contribution in [2.45, 2.75) is 17.2 Å². The molecule has 0 saturated carbocycles. The molecule has 0 bridgehead atoms. The summed E-state index contributed by atoms with van der Waals surface area (Å²) in [5.41, 5.74) is 0. The summed E-state index contributed by atoms with van der Waals surface area (Å²) < 4.78 is 31.5. The van der Waals surface area contributed by atoms with E-state index in [1.165, 1.54) is 24.3 Å². The highest BCUT2D eigenvalue weighted by molar-refractivity contribution is 7.91. The van der Waals surface area contributed by atoms with Crippen LogP contribution < -0.4 is 4.72 Å². The minimum absolute atomic E-state index is 0.0203. The van der Waals surface area contributed by atoms with Gasteiger partial charge in [-0.2, -0.15) is 9.71 Å². The molecule has 0 spiro atoms. The van der Waals surface area contributed by atoms with E-state index in [0.717, 1.165) is 16.2 Å². The molecule has 3 heterocycles. The van der Waals surface area contributed by atoms with Gasteiger partial charge in [-0.25, -0.2) is 8.42 Å². The van der Waals surface area contributed by atoms with Crippen LogP contribution in [0.1, 0.15) is 6.92 Å². The van der Waals surface area contributed by atoms with Gasteiger partial charge in [0.25, 0.3) is 15.9 Å². The van der Waals surface area contributed by atoms with E-state index >= 15 is 0 Å². The van der Waals surface area contributed by atoms with Gasteiger partial charge in [-0.1, -0.05) is 11.2 Å². The summed E-state index contributed by atoms with van der Waals surface area (Å²) in [7, 11) is -3.92. The van der Waals surface area contributed by atoms with Crippen LogP contribution in [-0.4, -0.2) is 35.7 Å². The van der Waals surface area contributed by atoms with Crippen molar-refractivity contribution in [1.82, 2.24) is 14.9 Å². The monoisotopic (exact) mass is 385 g/mol. The molecule has 8 nitrogen and oxygen atoms in total. The predicted octanol–water partition coefficient (Wildman–Crippen LogP) is 2.28. The summed E-state index contributed by atoms with van der Waals surface area (Å²) in [6, 6.07) is 5.39. The molecule has 3 aromatic heterocycles. The van der Waals surface area contributed by atoms with Crippen LogP contribution in [0.25, 0.3) is 21.5 Å². The van der Waals surface area contributed by atoms with Crippen molar-refractivity contribution < 1.29 is 22.8 Å². The fourth-order valence-electron chi connectivity index (χ4n) is 1.75. The Morgan fingerprint density at radius 1 is 1.33 bits per heavy atom. The van der Waals surface area contributed by atoms with Crippen LogP contribution in [0.2, 0.25) is 0 Å². The number of aliphatic carboxylic acids is 1. The summed E-state index contributed by atoms with van der Waals surface area (Å²) in [6.45, 7) is 1.25. The Bertz CT molecular complexity index is 959. The second kappa shape index (κ2) is 6.43. The summed E-state index contributed by atoms with van der Waals surface area (Å²) in [5.74, 6) is -0.624. The fourth-order valence-corrected chi connectivity index (χ4v) is 4.84. The number of nitrogens with one attached hydrogen (secondary N) is 1. The van der Waals surface area contributed by atoms with Crippen LogP contribution >= 0.6 is 22.7 Å². The normalized spacial score (nSPS) is 13.0. The Hall–Kier alpha value is -2.08. The number of carboxylic acid groups (broad SMARTS) is 1. The number of rotatable bonds is 6. The Morgan fingerprint density at radius 3 is 2.79 bits per heavy atom. The number of hydrogen-bond donors (Lipinski definition) is 2. The lowest BCUT2D eigenvalue weighted by molar-refractivity contribution is -0.138. The molecule has 11 heteroatoms. The van der Waals surface area contributed by atoms with E-state index in [2.05, 4.69) is 14.9 Å². The van der Waals surface area contributed by atoms with Crippen molar-refractivity contribution in [3.05, 3.63) is 29.6 Å². The van der Waals surface area contributed by atoms with E-state index in [-0.39, 0.29) is 10.0 Å². The number of hydrogen-bond acceptors (Lipinski definition) is 8. The van der Waals surface area contributed by atoms with Crippen LogP contribution in [0.4, 0.5) is 0 Å². The summed E-state index contributed by atoms with van der Waals surface area (Å²) in [5, 5.41) is 14.5. The molecule has 3 rings (SSSR count). The van der Waals surface area contributed by atoms with Crippen molar-refractivity contribution in [2.75, 3.05) is 0 Å². The van der Waals surface area contributed by atoms with Crippen LogP contribution in [0.3, 0.4) is 0 Å². The van der Waals surface area contributed by atoms with Gasteiger partial charge in [-0.15, -0.1) is 22.7 Å². The minimum Gasteiger partial charge on any atom is -0.480 e. The number of carboxylic acids is 1.